The van der Waals surface area contributed by atoms with Crippen molar-refractivity contribution in [1.82, 2.24) is 40.0 Å². The molecule has 0 saturated heterocycles. The summed E-state index contributed by atoms with van der Waals surface area (Å²) in [5.41, 5.74) is 9.93. The SMILES string of the molecule is O=C1c2ccc3c4ccc5c6c(ccc(c7ccc(c2c37)C(=O)N1OCCCCCc1cc(-c2ccccn2)nc(-c2ccccn2)c1)c64)C(=O)N(OCCCCCc1cc(-c2ccccn2)nc(-c2ccccn2)c1)C5=O. The monoisotopic (exact) mass is 1020 g/mol. The summed E-state index contributed by atoms with van der Waals surface area (Å²) in [5, 5.41) is 7.65. The fraction of sp³-hybridized carbons (Fsp3) is 0.156. The zero-order valence-electron chi connectivity index (χ0n) is 42.3. The largest absolute Gasteiger partial charge is 0.285 e. The van der Waals surface area contributed by atoms with Crippen LogP contribution < -0.4 is 0 Å². The normalized spacial score (nSPS) is 13.3. The first-order valence-electron chi connectivity index (χ1n) is 26.3. The second kappa shape index (κ2) is 20.6. The number of pyridine rings is 6. The molecular weight excluding hydrogens is 977 g/mol. The molecule has 11 aromatic rings. The Kier molecular flexibility index (Phi) is 12.7. The van der Waals surface area contributed by atoms with Gasteiger partial charge in [-0.3, -0.25) is 48.8 Å². The topological polar surface area (TPSA) is 171 Å². The molecule has 0 unspecified atom stereocenters. The van der Waals surface area contributed by atoms with Crippen LogP contribution in [0.15, 0.2) is 170 Å². The molecule has 13 rings (SSSR count). The number of imide groups is 2. The van der Waals surface area contributed by atoms with Crippen molar-refractivity contribution >= 4 is 66.7 Å². The number of fused-ring (bicyclic) bond motifs is 2. The van der Waals surface area contributed by atoms with Gasteiger partial charge in [0.2, 0.25) is 0 Å². The third-order valence-corrected chi connectivity index (χ3v) is 14.7. The maximum absolute atomic E-state index is 14.2. The number of benzene rings is 5. The van der Waals surface area contributed by atoms with Gasteiger partial charge in [0.1, 0.15) is 0 Å². The third-order valence-electron chi connectivity index (χ3n) is 14.7. The Morgan fingerprint density at radius 2 is 0.628 bits per heavy atom. The summed E-state index contributed by atoms with van der Waals surface area (Å²) < 4.78 is 0. The summed E-state index contributed by atoms with van der Waals surface area (Å²) in [5.74, 6) is -2.10. The summed E-state index contributed by atoms with van der Waals surface area (Å²) >= 11 is 0. The van der Waals surface area contributed by atoms with E-state index in [1.54, 1.807) is 49.1 Å². The van der Waals surface area contributed by atoms with Crippen molar-refractivity contribution in [3.8, 4) is 45.6 Å². The van der Waals surface area contributed by atoms with Crippen molar-refractivity contribution in [2.75, 3.05) is 13.2 Å². The molecule has 380 valence electrons. The molecule has 0 N–H and O–H groups in total. The summed E-state index contributed by atoms with van der Waals surface area (Å²) in [4.78, 5) is 96.5. The maximum atomic E-state index is 14.2. The lowest BCUT2D eigenvalue weighted by Crippen LogP contribution is -2.40. The molecule has 0 atom stereocenters. The van der Waals surface area contributed by atoms with Crippen LogP contribution in [0.2, 0.25) is 0 Å². The van der Waals surface area contributed by atoms with Crippen LogP contribution in [0.4, 0.5) is 0 Å². The van der Waals surface area contributed by atoms with E-state index in [2.05, 4.69) is 44.2 Å². The molecule has 0 bridgehead atoms. The van der Waals surface area contributed by atoms with E-state index < -0.39 is 23.6 Å². The van der Waals surface area contributed by atoms with Crippen LogP contribution in [0.1, 0.15) is 91.1 Å². The number of hydroxylamine groups is 4. The Morgan fingerprint density at radius 1 is 0.321 bits per heavy atom. The summed E-state index contributed by atoms with van der Waals surface area (Å²) in [6.07, 6.45) is 13.1. The van der Waals surface area contributed by atoms with E-state index in [4.69, 9.17) is 19.6 Å². The Bertz CT molecular complexity index is 3640. The number of carbonyl (C=O) groups excluding carboxylic acids is 4. The Morgan fingerprint density at radius 3 is 0.910 bits per heavy atom. The van der Waals surface area contributed by atoms with Crippen molar-refractivity contribution in [3.63, 3.8) is 0 Å². The van der Waals surface area contributed by atoms with Gasteiger partial charge in [0.05, 0.1) is 81.0 Å². The molecule has 2 aliphatic rings. The average Bonchev–Trinajstić information content (AvgIpc) is 3.38. The average molecular weight is 1030 g/mol. The lowest BCUT2D eigenvalue weighted by molar-refractivity contribution is -0.0963. The van der Waals surface area contributed by atoms with Gasteiger partial charge in [-0.05, 0) is 179 Å². The highest BCUT2D eigenvalue weighted by Gasteiger charge is 2.38. The van der Waals surface area contributed by atoms with Gasteiger partial charge in [0.15, 0.2) is 0 Å². The van der Waals surface area contributed by atoms with E-state index in [0.29, 0.717) is 45.9 Å². The van der Waals surface area contributed by atoms with E-state index >= 15 is 0 Å². The molecule has 0 aliphatic carbocycles. The first-order chi connectivity index (χ1) is 38.4. The number of nitrogens with zero attached hydrogens (tertiary/aromatic N) is 8. The number of hydrogen-bond donors (Lipinski definition) is 0. The number of hydrogen-bond acceptors (Lipinski definition) is 12. The van der Waals surface area contributed by atoms with Gasteiger partial charge in [-0.2, -0.15) is 0 Å². The number of amides is 4. The van der Waals surface area contributed by atoms with E-state index in [-0.39, 0.29) is 13.2 Å². The molecule has 6 aromatic heterocycles. The summed E-state index contributed by atoms with van der Waals surface area (Å²) in [7, 11) is 0. The van der Waals surface area contributed by atoms with Gasteiger partial charge in [0, 0.05) is 35.6 Å². The van der Waals surface area contributed by atoms with Crippen molar-refractivity contribution in [2.45, 2.75) is 51.4 Å². The first-order valence-corrected chi connectivity index (χ1v) is 26.3. The maximum Gasteiger partial charge on any atom is 0.285 e. The van der Waals surface area contributed by atoms with Crippen molar-refractivity contribution < 1.29 is 28.9 Å². The molecule has 0 fully saturated rings. The minimum Gasteiger partial charge on any atom is -0.266 e. The van der Waals surface area contributed by atoms with E-state index in [1.165, 1.54) is 0 Å². The summed E-state index contributed by atoms with van der Waals surface area (Å²) in [6, 6.07) is 45.8. The van der Waals surface area contributed by atoms with E-state index in [0.717, 1.165) is 138 Å². The van der Waals surface area contributed by atoms with Crippen molar-refractivity contribution in [2.24, 2.45) is 0 Å². The highest BCUT2D eigenvalue weighted by Crippen LogP contribution is 2.46. The summed E-state index contributed by atoms with van der Waals surface area (Å²) in [6.45, 7) is 0.356. The minimum absolute atomic E-state index is 0.178. The molecule has 4 amide bonds. The smallest absolute Gasteiger partial charge is 0.266 e. The number of carbonyl (C=O) groups is 4. The Labute approximate surface area is 447 Å². The van der Waals surface area contributed by atoms with Crippen LogP contribution in [-0.2, 0) is 22.5 Å². The molecule has 0 saturated carbocycles. The van der Waals surface area contributed by atoms with Crippen LogP contribution >= 0.6 is 0 Å². The molecule has 14 nitrogen and oxygen atoms in total. The molecule has 8 heterocycles. The minimum atomic E-state index is -0.524. The van der Waals surface area contributed by atoms with Crippen molar-refractivity contribution in [3.05, 3.63) is 204 Å². The number of rotatable bonds is 18. The molecule has 5 aromatic carbocycles. The predicted molar refractivity (Wildman–Crippen MR) is 297 cm³/mol. The fourth-order valence-electron chi connectivity index (χ4n) is 11.0. The van der Waals surface area contributed by atoms with Gasteiger partial charge in [-0.25, -0.2) is 9.97 Å². The lowest BCUT2D eigenvalue weighted by Gasteiger charge is -2.29. The second-order valence-corrected chi connectivity index (χ2v) is 19.6. The number of aromatic nitrogens is 6. The zero-order valence-corrected chi connectivity index (χ0v) is 42.3. The van der Waals surface area contributed by atoms with E-state index in [9.17, 15) is 19.2 Å². The standard InChI is InChI=1S/C64H48N8O6/c73-61-45-25-21-41-43-23-27-47-60-48(64(76)72(63(47)75)78-34-14-2-4-16-40-37-55(51-19-7-11-31-67-51)70-56(38-40)52-20-8-12-32-68-52)28-24-44(58(43)60)42-22-26-46(59(45)57(41)42)62(74)71(61)77-33-13-1-3-15-39-35-53(49-17-5-9-29-65-49)69-54(36-39)50-18-6-10-30-66-50/h5-12,17-32,35-38H,1-4,13-16,33-34H2. The van der Waals surface area contributed by atoms with Crippen LogP contribution in [0.25, 0.3) is 88.6 Å². The van der Waals surface area contributed by atoms with Crippen molar-refractivity contribution in [1.29, 1.82) is 0 Å². The quantitative estimate of drug-likeness (QED) is 0.0345. The highest BCUT2D eigenvalue weighted by molar-refractivity contribution is 6.41. The number of aryl methyl sites for hydroxylation is 2. The Balaban J connectivity index is 0.673. The van der Waals surface area contributed by atoms with Crippen LogP contribution in [0, 0.1) is 0 Å². The van der Waals surface area contributed by atoms with Gasteiger partial charge >= 0.3 is 0 Å². The molecule has 78 heavy (non-hydrogen) atoms. The van der Waals surface area contributed by atoms with Crippen LogP contribution in [0.3, 0.4) is 0 Å². The second-order valence-electron chi connectivity index (χ2n) is 19.6. The highest BCUT2D eigenvalue weighted by atomic mass is 16.7. The van der Waals surface area contributed by atoms with Crippen LogP contribution in [0.5, 0.6) is 0 Å². The molecular formula is C64H48N8O6. The third kappa shape index (κ3) is 8.76. The Hall–Kier alpha value is -9.50. The molecule has 2 aliphatic heterocycles. The van der Waals surface area contributed by atoms with Gasteiger partial charge in [-0.1, -0.05) is 61.4 Å². The molecule has 0 spiro atoms. The van der Waals surface area contributed by atoms with Gasteiger partial charge < -0.3 is 0 Å². The predicted octanol–water partition coefficient (Wildman–Crippen LogP) is 12.7. The van der Waals surface area contributed by atoms with Gasteiger partial charge in [-0.15, -0.1) is 10.1 Å². The van der Waals surface area contributed by atoms with Crippen LogP contribution in [-0.4, -0.2) is 76.9 Å². The van der Waals surface area contributed by atoms with E-state index in [1.807, 2.05) is 97.1 Å². The van der Waals surface area contributed by atoms with Gasteiger partial charge in [0.25, 0.3) is 23.6 Å². The molecule has 0 radical (unpaired) electrons. The zero-order chi connectivity index (χ0) is 52.7. The molecule has 14 heteroatoms. The first kappa shape index (κ1) is 48.2. The number of unbranched alkanes of at least 4 members (excludes halogenated alkanes) is 4. The fourth-order valence-corrected chi connectivity index (χ4v) is 11.0. The lowest BCUT2D eigenvalue weighted by atomic mass is 9.82.